The molecule has 0 aromatic heterocycles. The van der Waals surface area contributed by atoms with Gasteiger partial charge in [0, 0.05) is 18.5 Å². The molecular weight excluding hydrogens is 274 g/mol. The third kappa shape index (κ3) is 1.95. The number of fused-ring (bicyclic) bond motifs is 2. The Balaban J connectivity index is 1.58. The van der Waals surface area contributed by atoms with Gasteiger partial charge in [-0.15, -0.1) is 6.42 Å². The Labute approximate surface area is 129 Å². The van der Waals surface area contributed by atoms with Gasteiger partial charge in [0.15, 0.2) is 6.61 Å². The van der Waals surface area contributed by atoms with Gasteiger partial charge in [0.1, 0.15) is 0 Å². The van der Waals surface area contributed by atoms with E-state index in [1.165, 1.54) is 16.3 Å². The minimum Gasteiger partial charge on any atom is -0.436 e. The summed E-state index contributed by atoms with van der Waals surface area (Å²) in [6.07, 6.45) is 6.01. The van der Waals surface area contributed by atoms with Gasteiger partial charge >= 0.3 is 6.09 Å². The van der Waals surface area contributed by atoms with Crippen molar-refractivity contribution in [2.24, 2.45) is 5.92 Å². The minimum atomic E-state index is -0.287. The van der Waals surface area contributed by atoms with Crippen LogP contribution in [0, 0.1) is 18.3 Å². The number of rotatable bonds is 2. The highest BCUT2D eigenvalue weighted by molar-refractivity contribution is 5.83. The van der Waals surface area contributed by atoms with Crippen LogP contribution >= 0.6 is 0 Å². The maximum atomic E-state index is 12.0. The van der Waals surface area contributed by atoms with Gasteiger partial charge in [0.25, 0.3) is 0 Å². The Kier molecular flexibility index (Phi) is 2.87. The average molecular weight is 291 g/mol. The Hall–Kier alpha value is -2.47. The summed E-state index contributed by atoms with van der Waals surface area (Å²) in [5.74, 6) is 2.88. The van der Waals surface area contributed by atoms with E-state index in [-0.39, 0.29) is 18.1 Å². The number of carbonyl (C=O) groups is 1. The van der Waals surface area contributed by atoms with E-state index >= 15 is 0 Å². The standard InChI is InChI=1S/C19H17NO2/c1-2-9-22-18(21)20-12-17-11-19(17,13-20)16-8-7-14-5-3-4-6-15(14)10-16/h1,3-8,10,17H,9,11-13H2/t17-,19+/m1/s1. The molecule has 110 valence electrons. The summed E-state index contributed by atoms with van der Waals surface area (Å²) in [4.78, 5) is 13.8. The number of benzene rings is 2. The van der Waals surface area contributed by atoms with E-state index in [0.717, 1.165) is 19.5 Å². The van der Waals surface area contributed by atoms with Crippen molar-refractivity contribution < 1.29 is 9.53 Å². The lowest BCUT2D eigenvalue weighted by Gasteiger charge is -2.20. The fourth-order valence-electron chi connectivity index (χ4n) is 3.76. The first-order valence-electron chi connectivity index (χ1n) is 7.57. The van der Waals surface area contributed by atoms with E-state index < -0.39 is 0 Å². The van der Waals surface area contributed by atoms with Crippen LogP contribution in [0.25, 0.3) is 10.8 Å². The van der Waals surface area contributed by atoms with Crippen LogP contribution in [0.3, 0.4) is 0 Å². The normalized spacial score (nSPS) is 25.6. The third-order valence-electron chi connectivity index (χ3n) is 5.01. The molecule has 1 heterocycles. The van der Waals surface area contributed by atoms with E-state index in [9.17, 15) is 4.79 Å². The number of carbonyl (C=O) groups excluding carboxylic acids is 1. The number of hydrogen-bond acceptors (Lipinski definition) is 2. The zero-order chi connectivity index (χ0) is 15.2. The van der Waals surface area contributed by atoms with Crippen molar-refractivity contribution in [2.75, 3.05) is 19.7 Å². The quantitative estimate of drug-likeness (QED) is 0.795. The predicted molar refractivity (Wildman–Crippen MR) is 85.5 cm³/mol. The molecule has 3 nitrogen and oxygen atoms in total. The molecule has 1 aliphatic heterocycles. The molecule has 1 saturated carbocycles. The molecule has 0 unspecified atom stereocenters. The number of nitrogens with zero attached hydrogens (tertiary/aromatic N) is 1. The average Bonchev–Trinajstić information content (AvgIpc) is 3.13. The van der Waals surface area contributed by atoms with Gasteiger partial charge in [-0.1, -0.05) is 48.4 Å². The molecule has 0 bridgehead atoms. The predicted octanol–water partition coefficient (Wildman–Crippen LogP) is 3.18. The molecule has 4 rings (SSSR count). The highest BCUT2D eigenvalue weighted by Gasteiger charge is 2.61. The van der Waals surface area contributed by atoms with Crippen molar-refractivity contribution in [2.45, 2.75) is 11.8 Å². The highest BCUT2D eigenvalue weighted by Crippen LogP contribution is 2.59. The second-order valence-corrected chi connectivity index (χ2v) is 6.26. The molecule has 1 saturated heterocycles. The topological polar surface area (TPSA) is 29.5 Å². The van der Waals surface area contributed by atoms with Gasteiger partial charge in [-0.3, -0.25) is 0 Å². The maximum Gasteiger partial charge on any atom is 0.410 e. The molecule has 2 atom stereocenters. The van der Waals surface area contributed by atoms with Crippen LogP contribution < -0.4 is 0 Å². The van der Waals surface area contributed by atoms with Gasteiger partial charge in [-0.2, -0.15) is 0 Å². The number of piperidine rings is 1. The van der Waals surface area contributed by atoms with Crippen molar-refractivity contribution in [1.29, 1.82) is 0 Å². The fraction of sp³-hybridized carbons (Fsp3) is 0.316. The van der Waals surface area contributed by atoms with Crippen molar-refractivity contribution in [3.63, 3.8) is 0 Å². The molecule has 2 aliphatic rings. The van der Waals surface area contributed by atoms with Gasteiger partial charge in [-0.05, 0) is 28.7 Å². The zero-order valence-corrected chi connectivity index (χ0v) is 12.3. The smallest absolute Gasteiger partial charge is 0.410 e. The summed E-state index contributed by atoms with van der Waals surface area (Å²) >= 11 is 0. The van der Waals surface area contributed by atoms with Gasteiger partial charge in [-0.25, -0.2) is 4.79 Å². The molecule has 2 aromatic rings. The number of likely N-dealkylation sites (tertiary alicyclic amines) is 1. The first-order chi connectivity index (χ1) is 10.7. The third-order valence-corrected chi connectivity index (χ3v) is 5.01. The molecule has 3 heteroatoms. The molecular formula is C19H17NO2. The molecule has 2 fully saturated rings. The summed E-state index contributed by atoms with van der Waals surface area (Å²) in [7, 11) is 0. The Bertz CT molecular complexity index is 791. The number of ether oxygens (including phenoxy) is 1. The van der Waals surface area contributed by atoms with Gasteiger partial charge in [0.2, 0.25) is 0 Å². The first kappa shape index (κ1) is 13.2. The maximum absolute atomic E-state index is 12.0. The first-order valence-corrected chi connectivity index (χ1v) is 7.57. The van der Waals surface area contributed by atoms with Gasteiger partial charge < -0.3 is 9.64 Å². The number of terminal acetylenes is 1. The summed E-state index contributed by atoms with van der Waals surface area (Å²) < 4.78 is 5.05. The molecule has 1 aliphatic carbocycles. The van der Waals surface area contributed by atoms with E-state index in [1.807, 2.05) is 0 Å². The molecule has 22 heavy (non-hydrogen) atoms. The van der Waals surface area contributed by atoms with Crippen molar-refractivity contribution in [1.82, 2.24) is 4.90 Å². The second-order valence-electron chi connectivity index (χ2n) is 6.26. The SMILES string of the molecule is C#CCOC(=O)N1C[C@H]2C[C@@]2(c2ccc3ccccc3c2)C1. The van der Waals surface area contributed by atoms with Crippen LogP contribution in [0.2, 0.25) is 0 Å². The van der Waals surface area contributed by atoms with Crippen molar-refractivity contribution in [3.05, 3.63) is 48.0 Å². The monoisotopic (exact) mass is 291 g/mol. The molecule has 1 amide bonds. The number of hydrogen-bond donors (Lipinski definition) is 0. The fourth-order valence-corrected chi connectivity index (χ4v) is 3.76. The van der Waals surface area contributed by atoms with Crippen LogP contribution in [0.1, 0.15) is 12.0 Å². The summed E-state index contributed by atoms with van der Waals surface area (Å²) in [5, 5.41) is 2.51. The van der Waals surface area contributed by atoms with Crippen molar-refractivity contribution >= 4 is 16.9 Å². The second kappa shape index (κ2) is 4.78. The minimum absolute atomic E-state index is 0.0446. The van der Waals surface area contributed by atoms with Crippen LogP contribution in [-0.4, -0.2) is 30.7 Å². The van der Waals surface area contributed by atoms with Crippen LogP contribution in [0.5, 0.6) is 0 Å². The Morgan fingerprint density at radius 1 is 1.32 bits per heavy atom. The summed E-state index contributed by atoms with van der Waals surface area (Å²) in [6, 6.07) is 15.0. The van der Waals surface area contributed by atoms with E-state index in [4.69, 9.17) is 11.2 Å². The van der Waals surface area contributed by atoms with E-state index in [1.54, 1.807) is 4.90 Å². The molecule has 0 spiro atoms. The van der Waals surface area contributed by atoms with Crippen LogP contribution in [-0.2, 0) is 10.2 Å². The van der Waals surface area contributed by atoms with Crippen LogP contribution in [0.15, 0.2) is 42.5 Å². The van der Waals surface area contributed by atoms with Gasteiger partial charge in [0.05, 0.1) is 0 Å². The summed E-state index contributed by atoms with van der Waals surface area (Å²) in [5.41, 5.74) is 1.46. The van der Waals surface area contributed by atoms with Crippen LogP contribution in [0.4, 0.5) is 4.79 Å². The lowest BCUT2D eigenvalue weighted by Crippen LogP contribution is -2.33. The number of amides is 1. The highest BCUT2D eigenvalue weighted by atomic mass is 16.6. The largest absolute Gasteiger partial charge is 0.436 e. The molecule has 0 radical (unpaired) electrons. The molecule has 2 aromatic carbocycles. The summed E-state index contributed by atoms with van der Waals surface area (Å²) in [6.45, 7) is 1.55. The van der Waals surface area contributed by atoms with E-state index in [2.05, 4.69) is 48.4 Å². The Morgan fingerprint density at radius 2 is 2.14 bits per heavy atom. The van der Waals surface area contributed by atoms with E-state index in [0.29, 0.717) is 5.92 Å². The van der Waals surface area contributed by atoms with Crippen molar-refractivity contribution in [3.8, 4) is 12.3 Å². The zero-order valence-electron chi connectivity index (χ0n) is 12.3. The lowest BCUT2D eigenvalue weighted by atomic mass is 9.93. The lowest BCUT2D eigenvalue weighted by molar-refractivity contribution is 0.118. The molecule has 0 N–H and O–H groups in total. The Morgan fingerprint density at radius 3 is 2.95 bits per heavy atom.